The zero-order valence-electron chi connectivity index (χ0n) is 15.0. The molecule has 4 aromatic rings. The van der Waals surface area contributed by atoms with Gasteiger partial charge in [0.15, 0.2) is 6.10 Å². The van der Waals surface area contributed by atoms with E-state index >= 15 is 0 Å². The molecule has 0 fully saturated rings. The molecule has 136 valence electrons. The first-order valence-electron chi connectivity index (χ1n) is 8.93. The van der Waals surface area contributed by atoms with Crippen LogP contribution in [-0.2, 0) is 4.74 Å². The predicted octanol–water partition coefficient (Wildman–Crippen LogP) is 5.02. The van der Waals surface area contributed by atoms with Gasteiger partial charge in [-0.05, 0) is 12.1 Å². The summed E-state index contributed by atoms with van der Waals surface area (Å²) in [5.74, 6) is -0.912. The molecule has 0 saturated carbocycles. The lowest BCUT2D eigenvalue weighted by Gasteiger charge is -2.17. The van der Waals surface area contributed by atoms with Crippen molar-refractivity contribution in [1.29, 1.82) is 0 Å². The van der Waals surface area contributed by atoms with E-state index in [1.807, 2.05) is 54.6 Å². The number of pyridine rings is 1. The molecule has 0 N–H and O–H groups in total. The Morgan fingerprint density at radius 2 is 1.36 bits per heavy atom. The van der Waals surface area contributed by atoms with Crippen molar-refractivity contribution >= 4 is 22.7 Å². The van der Waals surface area contributed by atoms with Crippen molar-refractivity contribution in [3.8, 4) is 0 Å². The van der Waals surface area contributed by atoms with Crippen LogP contribution >= 0.6 is 0 Å². The minimum Gasteiger partial charge on any atom is -0.444 e. The predicted molar refractivity (Wildman–Crippen MR) is 107 cm³/mol. The fourth-order valence-corrected chi connectivity index (χ4v) is 3.00. The molecule has 1 atom stereocenters. The summed E-state index contributed by atoms with van der Waals surface area (Å²) in [6, 6.07) is 28.8. The van der Waals surface area contributed by atoms with Gasteiger partial charge in [0.25, 0.3) is 0 Å². The molecule has 0 radical (unpaired) electrons. The maximum Gasteiger partial charge on any atom is 0.358 e. The SMILES string of the molecule is O=C(O[C@@H](C(=O)c1ccccc1)c1ccccc1)c1ccc2ccccc2n1. The molecule has 0 amide bonds. The molecule has 0 spiro atoms. The number of hydrogen-bond donors (Lipinski definition) is 0. The van der Waals surface area contributed by atoms with Crippen LogP contribution in [0.4, 0.5) is 0 Å². The number of para-hydroxylation sites is 1. The molecule has 0 aliphatic carbocycles. The molecule has 1 heterocycles. The standard InChI is InChI=1S/C24H17NO3/c26-22(18-10-3-1-4-11-18)23(19-12-5-2-6-13-19)28-24(27)21-16-15-17-9-7-8-14-20(17)25-21/h1-16,23H/t23-/m1/s1. The topological polar surface area (TPSA) is 56.3 Å². The second-order valence-electron chi connectivity index (χ2n) is 6.32. The fourth-order valence-electron chi connectivity index (χ4n) is 3.00. The fraction of sp³-hybridized carbons (Fsp3) is 0.0417. The number of Topliss-reactive ketones (excluding diaryl/α,β-unsaturated/α-hetero) is 1. The van der Waals surface area contributed by atoms with Crippen molar-refractivity contribution in [1.82, 2.24) is 4.98 Å². The van der Waals surface area contributed by atoms with Gasteiger partial charge >= 0.3 is 5.97 Å². The van der Waals surface area contributed by atoms with Crippen LogP contribution in [0.25, 0.3) is 10.9 Å². The third-order valence-electron chi connectivity index (χ3n) is 4.43. The van der Waals surface area contributed by atoms with Gasteiger partial charge in [-0.3, -0.25) is 4.79 Å². The van der Waals surface area contributed by atoms with Gasteiger partial charge < -0.3 is 4.74 Å². The van der Waals surface area contributed by atoms with Crippen molar-refractivity contribution in [3.05, 3.63) is 114 Å². The van der Waals surface area contributed by atoms with E-state index < -0.39 is 12.1 Å². The van der Waals surface area contributed by atoms with Crippen LogP contribution in [0.5, 0.6) is 0 Å². The summed E-state index contributed by atoms with van der Waals surface area (Å²) in [6.07, 6.45) is -1.04. The molecule has 4 nitrogen and oxygen atoms in total. The van der Waals surface area contributed by atoms with Crippen molar-refractivity contribution in [2.75, 3.05) is 0 Å². The Kier molecular flexibility index (Phi) is 4.93. The van der Waals surface area contributed by atoms with Crippen LogP contribution in [0.3, 0.4) is 0 Å². The molecular formula is C24H17NO3. The average molecular weight is 367 g/mol. The first kappa shape index (κ1) is 17.6. The summed E-state index contributed by atoms with van der Waals surface area (Å²) < 4.78 is 5.64. The summed E-state index contributed by atoms with van der Waals surface area (Å²) in [5, 5.41) is 0.930. The molecule has 0 aliphatic heterocycles. The number of nitrogens with zero attached hydrogens (tertiary/aromatic N) is 1. The second-order valence-corrected chi connectivity index (χ2v) is 6.32. The molecule has 0 unspecified atom stereocenters. The van der Waals surface area contributed by atoms with Gasteiger partial charge in [0.05, 0.1) is 5.52 Å². The summed E-state index contributed by atoms with van der Waals surface area (Å²) in [6.45, 7) is 0. The van der Waals surface area contributed by atoms with Crippen molar-refractivity contribution in [3.63, 3.8) is 0 Å². The first-order valence-corrected chi connectivity index (χ1v) is 8.93. The smallest absolute Gasteiger partial charge is 0.358 e. The van der Waals surface area contributed by atoms with Crippen LogP contribution in [-0.4, -0.2) is 16.7 Å². The monoisotopic (exact) mass is 367 g/mol. The number of carbonyl (C=O) groups is 2. The number of esters is 1. The maximum atomic E-state index is 13.0. The number of fused-ring (bicyclic) bond motifs is 1. The van der Waals surface area contributed by atoms with Crippen LogP contribution in [0.1, 0.15) is 32.5 Å². The van der Waals surface area contributed by atoms with Crippen LogP contribution in [0.2, 0.25) is 0 Å². The molecule has 0 aliphatic rings. The number of aromatic nitrogens is 1. The van der Waals surface area contributed by atoms with E-state index in [9.17, 15) is 9.59 Å². The van der Waals surface area contributed by atoms with E-state index in [4.69, 9.17) is 4.74 Å². The molecule has 4 rings (SSSR count). The summed E-state index contributed by atoms with van der Waals surface area (Å²) in [4.78, 5) is 30.2. The highest BCUT2D eigenvalue weighted by molar-refractivity contribution is 6.02. The lowest BCUT2D eigenvalue weighted by Crippen LogP contribution is -2.21. The minimum absolute atomic E-state index is 0.167. The lowest BCUT2D eigenvalue weighted by molar-refractivity contribution is 0.0275. The maximum absolute atomic E-state index is 13.0. The van der Waals surface area contributed by atoms with Gasteiger partial charge in [-0.1, -0.05) is 84.9 Å². The van der Waals surface area contributed by atoms with E-state index in [1.54, 1.807) is 42.5 Å². The summed E-state index contributed by atoms with van der Waals surface area (Å²) in [7, 11) is 0. The highest BCUT2D eigenvalue weighted by atomic mass is 16.5. The third kappa shape index (κ3) is 3.67. The zero-order valence-corrected chi connectivity index (χ0v) is 15.0. The van der Waals surface area contributed by atoms with Gasteiger partial charge in [0.2, 0.25) is 5.78 Å². The van der Waals surface area contributed by atoms with Crippen molar-refractivity contribution in [2.45, 2.75) is 6.10 Å². The van der Waals surface area contributed by atoms with E-state index in [0.717, 1.165) is 5.39 Å². The van der Waals surface area contributed by atoms with Crippen LogP contribution in [0.15, 0.2) is 97.1 Å². The van der Waals surface area contributed by atoms with Gasteiger partial charge in [0.1, 0.15) is 5.69 Å². The number of carbonyl (C=O) groups excluding carboxylic acids is 2. The summed E-state index contributed by atoms with van der Waals surface area (Å²) in [5.41, 5.74) is 1.96. The first-order chi connectivity index (χ1) is 13.7. The number of ketones is 1. The van der Waals surface area contributed by atoms with Gasteiger partial charge in [-0.15, -0.1) is 0 Å². The molecule has 28 heavy (non-hydrogen) atoms. The van der Waals surface area contributed by atoms with Crippen molar-refractivity contribution in [2.24, 2.45) is 0 Å². The zero-order chi connectivity index (χ0) is 19.3. The Balaban J connectivity index is 1.66. The van der Waals surface area contributed by atoms with Crippen LogP contribution in [0, 0.1) is 0 Å². The highest BCUT2D eigenvalue weighted by Crippen LogP contribution is 2.24. The minimum atomic E-state index is -1.04. The van der Waals surface area contributed by atoms with E-state index in [1.165, 1.54) is 0 Å². The molecule has 4 heteroatoms. The van der Waals surface area contributed by atoms with Gasteiger partial charge in [-0.25, -0.2) is 9.78 Å². The quantitative estimate of drug-likeness (QED) is 0.367. The number of hydrogen-bond acceptors (Lipinski definition) is 4. The van der Waals surface area contributed by atoms with Crippen LogP contribution < -0.4 is 0 Å². The molecular weight excluding hydrogens is 350 g/mol. The third-order valence-corrected chi connectivity index (χ3v) is 4.43. The Labute approximate surface area is 162 Å². The Bertz CT molecular complexity index is 1120. The second kappa shape index (κ2) is 7.84. The largest absolute Gasteiger partial charge is 0.444 e. The average Bonchev–Trinajstić information content (AvgIpc) is 2.77. The molecule has 1 aromatic heterocycles. The number of ether oxygens (including phenoxy) is 1. The Hall–Kier alpha value is -3.79. The summed E-state index contributed by atoms with van der Waals surface area (Å²) >= 11 is 0. The normalized spacial score (nSPS) is 11.7. The molecule has 0 bridgehead atoms. The van der Waals surface area contributed by atoms with Gasteiger partial charge in [0, 0.05) is 16.5 Å². The molecule has 0 saturated heterocycles. The Morgan fingerprint density at radius 3 is 2.11 bits per heavy atom. The lowest BCUT2D eigenvalue weighted by atomic mass is 10.00. The highest BCUT2D eigenvalue weighted by Gasteiger charge is 2.27. The van der Waals surface area contributed by atoms with Crippen molar-refractivity contribution < 1.29 is 14.3 Å². The molecule has 3 aromatic carbocycles. The van der Waals surface area contributed by atoms with E-state index in [0.29, 0.717) is 16.6 Å². The van der Waals surface area contributed by atoms with E-state index in [2.05, 4.69) is 4.98 Å². The number of rotatable bonds is 5. The van der Waals surface area contributed by atoms with Gasteiger partial charge in [-0.2, -0.15) is 0 Å². The van der Waals surface area contributed by atoms with E-state index in [-0.39, 0.29) is 11.5 Å². The number of benzene rings is 3. The Morgan fingerprint density at radius 1 is 0.714 bits per heavy atom.